The third-order valence-electron chi connectivity index (χ3n) is 8.70. The highest BCUT2D eigenvalue weighted by atomic mass is 19.3. The average molecular weight is 527 g/mol. The van der Waals surface area contributed by atoms with Gasteiger partial charge >= 0.3 is 11.9 Å². The summed E-state index contributed by atoms with van der Waals surface area (Å²) in [5, 5.41) is 7.50. The van der Waals surface area contributed by atoms with Gasteiger partial charge in [0.25, 0.3) is 0 Å². The number of alkyl halides is 2. The molecule has 0 bridgehead atoms. The van der Waals surface area contributed by atoms with E-state index in [-0.39, 0.29) is 0 Å². The summed E-state index contributed by atoms with van der Waals surface area (Å²) in [4.78, 5) is 12.1. The Balaban J connectivity index is 0.000000426. The summed E-state index contributed by atoms with van der Waals surface area (Å²) in [6, 6.07) is 16.2. The Labute approximate surface area is 226 Å². The number of nitrogens with zero attached hydrogens (tertiary/aromatic N) is 1. The van der Waals surface area contributed by atoms with E-state index in [2.05, 4.69) is 47.4 Å². The van der Waals surface area contributed by atoms with Crippen molar-refractivity contribution in [3.8, 4) is 11.1 Å². The van der Waals surface area contributed by atoms with Crippen molar-refractivity contribution in [2.24, 2.45) is 23.5 Å². The molecule has 2 fully saturated rings. The minimum atomic E-state index is -3.58. The highest BCUT2D eigenvalue weighted by Gasteiger charge is 2.31. The second-order valence-electron chi connectivity index (χ2n) is 11.8. The Hall–Kier alpha value is -2.31. The van der Waals surface area contributed by atoms with Gasteiger partial charge in [-0.2, -0.15) is 8.78 Å². The van der Waals surface area contributed by atoms with Gasteiger partial charge in [0.1, 0.15) is 0 Å². The molecule has 2 saturated carbocycles. The largest absolute Gasteiger partial charge is 0.477 e. The predicted octanol–water partition coefficient (Wildman–Crippen LogP) is 7.13. The van der Waals surface area contributed by atoms with Crippen LogP contribution in [-0.4, -0.2) is 41.5 Å². The van der Waals surface area contributed by atoms with Gasteiger partial charge in [0.2, 0.25) is 0 Å². The van der Waals surface area contributed by atoms with Crippen LogP contribution < -0.4 is 5.73 Å². The van der Waals surface area contributed by atoms with E-state index in [1.807, 2.05) is 0 Å². The molecule has 0 aliphatic heterocycles. The molecule has 0 unspecified atom stereocenters. The van der Waals surface area contributed by atoms with E-state index in [1.165, 1.54) is 98.7 Å². The zero-order chi connectivity index (χ0) is 27.1. The van der Waals surface area contributed by atoms with Crippen molar-refractivity contribution in [2.45, 2.75) is 83.6 Å². The fourth-order valence-electron chi connectivity index (χ4n) is 6.51. The monoisotopic (exact) mass is 526 g/mol. The molecule has 0 saturated heterocycles. The molecule has 2 aromatic rings. The van der Waals surface area contributed by atoms with Crippen LogP contribution in [0.1, 0.15) is 81.4 Å². The normalized spacial score (nSPS) is 21.4. The lowest BCUT2D eigenvalue weighted by Crippen LogP contribution is -2.36. The molecular weight excluding hydrogens is 482 g/mol. The second-order valence-corrected chi connectivity index (χ2v) is 11.8. The zero-order valence-corrected chi connectivity index (χ0v) is 22.8. The number of hydrogen-bond acceptors (Lipinski definition) is 3. The quantitative estimate of drug-likeness (QED) is 0.328. The number of hydrogen-bond donors (Lipinski definition) is 2. The Kier molecular flexibility index (Phi) is 9.94. The molecule has 3 N–H and O–H groups in total. The first-order chi connectivity index (χ1) is 18.2. The average Bonchev–Trinajstić information content (AvgIpc) is 3.27. The summed E-state index contributed by atoms with van der Waals surface area (Å²) >= 11 is 0. The highest BCUT2D eigenvalue weighted by Crippen LogP contribution is 2.37. The molecule has 0 amide bonds. The van der Waals surface area contributed by atoms with E-state index < -0.39 is 11.9 Å². The maximum absolute atomic E-state index is 11.2. The molecule has 3 aliphatic carbocycles. The number of carbonyl (C=O) groups is 1. The second kappa shape index (κ2) is 13.2. The first kappa shape index (κ1) is 28.7. The van der Waals surface area contributed by atoms with Gasteiger partial charge in [0.05, 0.1) is 0 Å². The SMILES string of the molecule is CC(F)(F)C(=O)O.NCC1CCC(CN(Cc2ccc3c(c2)Cc2ccccc2-3)CC2CCCCC2)CC1. The molecule has 208 valence electrons. The van der Waals surface area contributed by atoms with Crippen molar-refractivity contribution in [3.05, 3.63) is 59.2 Å². The first-order valence-corrected chi connectivity index (χ1v) is 14.5. The van der Waals surface area contributed by atoms with Gasteiger partial charge in [-0.1, -0.05) is 61.7 Å². The summed E-state index contributed by atoms with van der Waals surface area (Å²) in [5.41, 5.74) is 13.4. The van der Waals surface area contributed by atoms with Gasteiger partial charge in [-0.3, -0.25) is 4.90 Å². The highest BCUT2D eigenvalue weighted by molar-refractivity contribution is 5.77. The van der Waals surface area contributed by atoms with Crippen LogP contribution in [0.15, 0.2) is 42.5 Å². The molecule has 3 aliphatic rings. The summed E-state index contributed by atoms with van der Waals surface area (Å²) in [6.45, 7) is 4.92. The lowest BCUT2D eigenvalue weighted by molar-refractivity contribution is -0.161. The van der Waals surface area contributed by atoms with Gasteiger partial charge in [0.15, 0.2) is 0 Å². The Bertz CT molecular complexity index is 1050. The van der Waals surface area contributed by atoms with Crippen LogP contribution >= 0.6 is 0 Å². The first-order valence-electron chi connectivity index (χ1n) is 14.5. The van der Waals surface area contributed by atoms with Crippen molar-refractivity contribution in [1.82, 2.24) is 4.90 Å². The lowest BCUT2D eigenvalue weighted by atomic mass is 9.81. The number of halogens is 2. The van der Waals surface area contributed by atoms with Crippen LogP contribution in [0.5, 0.6) is 0 Å². The summed E-state index contributed by atoms with van der Waals surface area (Å²) < 4.78 is 22.5. The lowest BCUT2D eigenvalue weighted by Gasteiger charge is -2.35. The van der Waals surface area contributed by atoms with Crippen LogP contribution in [0.4, 0.5) is 8.78 Å². The number of rotatable bonds is 8. The van der Waals surface area contributed by atoms with E-state index in [1.54, 1.807) is 0 Å². The number of benzene rings is 2. The maximum atomic E-state index is 11.2. The van der Waals surface area contributed by atoms with E-state index in [4.69, 9.17) is 10.8 Å². The third kappa shape index (κ3) is 7.86. The molecule has 6 heteroatoms. The van der Waals surface area contributed by atoms with Gasteiger partial charge in [0, 0.05) is 26.6 Å². The molecule has 0 aromatic heterocycles. The van der Waals surface area contributed by atoms with E-state index in [9.17, 15) is 13.6 Å². The standard InChI is InChI=1S/C29H40N2.C3H4F2O2/c30-18-22-10-12-24(13-11-22)20-31(19-23-6-2-1-3-7-23)21-25-14-15-29-27(16-25)17-26-8-4-5-9-28(26)29;1-3(4,5)2(6)7/h4-5,8-9,14-16,22-24H,1-3,6-7,10-13,17-21,30H2;1H3,(H,6,7). The molecule has 5 rings (SSSR count). The fourth-order valence-corrected chi connectivity index (χ4v) is 6.51. The van der Waals surface area contributed by atoms with Gasteiger partial charge in [-0.05, 0) is 97.1 Å². The summed E-state index contributed by atoms with van der Waals surface area (Å²) in [7, 11) is 0. The van der Waals surface area contributed by atoms with Crippen molar-refractivity contribution in [2.75, 3.05) is 19.6 Å². The number of carboxylic acid groups (broad SMARTS) is 1. The van der Waals surface area contributed by atoms with Gasteiger partial charge < -0.3 is 10.8 Å². The minimum Gasteiger partial charge on any atom is -0.477 e. The van der Waals surface area contributed by atoms with Crippen LogP contribution in [0, 0.1) is 17.8 Å². The molecule has 0 heterocycles. The van der Waals surface area contributed by atoms with Crippen LogP contribution in [-0.2, 0) is 17.8 Å². The molecule has 2 aromatic carbocycles. The molecule has 4 nitrogen and oxygen atoms in total. The minimum absolute atomic E-state index is 0.329. The van der Waals surface area contributed by atoms with E-state index in [0.29, 0.717) is 6.92 Å². The molecule has 0 spiro atoms. The van der Waals surface area contributed by atoms with Crippen molar-refractivity contribution in [1.29, 1.82) is 0 Å². The van der Waals surface area contributed by atoms with E-state index >= 15 is 0 Å². The maximum Gasteiger partial charge on any atom is 0.374 e. The zero-order valence-electron chi connectivity index (χ0n) is 22.8. The number of carboxylic acids is 1. The van der Waals surface area contributed by atoms with Gasteiger partial charge in [-0.15, -0.1) is 0 Å². The number of nitrogens with two attached hydrogens (primary N) is 1. The van der Waals surface area contributed by atoms with Crippen molar-refractivity contribution >= 4 is 5.97 Å². The fraction of sp³-hybridized carbons (Fsp3) is 0.594. The van der Waals surface area contributed by atoms with Crippen LogP contribution in [0.25, 0.3) is 11.1 Å². The molecular formula is C32H44F2N2O2. The molecule has 0 radical (unpaired) electrons. The number of fused-ring (bicyclic) bond motifs is 3. The predicted molar refractivity (Wildman–Crippen MR) is 149 cm³/mol. The molecule has 38 heavy (non-hydrogen) atoms. The van der Waals surface area contributed by atoms with E-state index in [0.717, 1.165) is 37.3 Å². The Morgan fingerprint density at radius 2 is 1.47 bits per heavy atom. The van der Waals surface area contributed by atoms with Gasteiger partial charge in [-0.25, -0.2) is 4.79 Å². The van der Waals surface area contributed by atoms with Crippen LogP contribution in [0.2, 0.25) is 0 Å². The number of aliphatic carboxylic acids is 1. The molecule has 0 atom stereocenters. The third-order valence-corrected chi connectivity index (χ3v) is 8.70. The Morgan fingerprint density at radius 3 is 2.11 bits per heavy atom. The summed E-state index contributed by atoms with van der Waals surface area (Å²) in [6.07, 6.45) is 13.8. The van der Waals surface area contributed by atoms with Crippen molar-refractivity contribution in [3.63, 3.8) is 0 Å². The smallest absolute Gasteiger partial charge is 0.374 e. The van der Waals surface area contributed by atoms with Crippen LogP contribution in [0.3, 0.4) is 0 Å². The topological polar surface area (TPSA) is 66.6 Å². The van der Waals surface area contributed by atoms with Crippen molar-refractivity contribution < 1.29 is 18.7 Å². The summed E-state index contributed by atoms with van der Waals surface area (Å²) in [5.74, 6) is -3.12. The Morgan fingerprint density at radius 1 is 0.895 bits per heavy atom.